The summed E-state index contributed by atoms with van der Waals surface area (Å²) in [6, 6.07) is 22.4. The first-order valence-corrected chi connectivity index (χ1v) is 17.8. The van der Waals surface area contributed by atoms with E-state index in [0.29, 0.717) is 11.3 Å². The van der Waals surface area contributed by atoms with Crippen LogP contribution >= 0.6 is 0 Å². The molecule has 0 spiro atoms. The minimum atomic E-state index is -5.01. The molecule has 0 aromatic heterocycles. The number of amides is 2. The standard InChI is InChI=1S/C39H46F3N3O5/c40-39(41,42)38(48)45-20-8-13-34(45)36(47)43-24-28-9-6-10-30(21-28)31-11-7-12-32(22-31)37-49-33(25-44-18-4-2-1-3-5-19-44)23-35(50-37)29-16-14-27(26-46)15-17-29/h6-7,9-12,14-17,21-22,33-35,37,46H,1-5,8,13,18-20,23-26H2,(H,43,47)/t33-,34+,35+,37+/m1/s1. The molecule has 6 rings (SSSR count). The number of hydrogen-bond acceptors (Lipinski definition) is 6. The molecule has 2 N–H and O–H groups in total. The van der Waals surface area contributed by atoms with Crippen LogP contribution in [-0.4, -0.2) is 71.2 Å². The molecule has 268 valence electrons. The Hall–Kier alpha value is -3.77. The van der Waals surface area contributed by atoms with Crippen LogP contribution in [-0.2, 0) is 32.2 Å². The molecule has 3 fully saturated rings. The van der Waals surface area contributed by atoms with E-state index in [9.17, 15) is 27.9 Å². The van der Waals surface area contributed by atoms with E-state index in [0.717, 1.165) is 59.4 Å². The lowest BCUT2D eigenvalue weighted by molar-refractivity contribution is -0.253. The summed E-state index contributed by atoms with van der Waals surface area (Å²) in [6.45, 7) is 2.97. The quantitative estimate of drug-likeness (QED) is 0.256. The van der Waals surface area contributed by atoms with Crippen molar-refractivity contribution in [2.24, 2.45) is 0 Å². The van der Waals surface area contributed by atoms with Gasteiger partial charge in [-0.2, -0.15) is 13.2 Å². The van der Waals surface area contributed by atoms with Crippen LogP contribution in [0.5, 0.6) is 0 Å². The number of halogens is 3. The largest absolute Gasteiger partial charge is 0.471 e. The molecular weight excluding hydrogens is 647 g/mol. The first-order chi connectivity index (χ1) is 24.2. The molecule has 3 aromatic rings. The molecule has 8 nitrogen and oxygen atoms in total. The first kappa shape index (κ1) is 36.0. The number of benzene rings is 3. The van der Waals surface area contributed by atoms with Gasteiger partial charge >= 0.3 is 12.1 Å². The van der Waals surface area contributed by atoms with E-state index in [2.05, 4.69) is 10.2 Å². The van der Waals surface area contributed by atoms with Crippen molar-refractivity contribution in [2.45, 2.75) is 95.2 Å². The fourth-order valence-corrected chi connectivity index (χ4v) is 7.29. The molecule has 11 heteroatoms. The van der Waals surface area contributed by atoms with Gasteiger partial charge in [0.15, 0.2) is 6.29 Å². The van der Waals surface area contributed by atoms with Crippen molar-refractivity contribution in [3.05, 3.63) is 95.1 Å². The van der Waals surface area contributed by atoms with Gasteiger partial charge in [0, 0.05) is 31.6 Å². The molecule has 3 heterocycles. The normalized spacial score (nSPS) is 23.6. The summed E-state index contributed by atoms with van der Waals surface area (Å²) >= 11 is 0. The molecule has 4 atom stereocenters. The fourth-order valence-electron chi connectivity index (χ4n) is 7.29. The number of carbonyl (C=O) groups excluding carboxylic acids is 2. The SMILES string of the molecule is O=C(NCc1cccc(-c2cccc([C@H]3O[C@@H](CN4CCCCCCC4)C[C@@H](c4ccc(CO)cc4)O3)c2)c1)[C@@H]1CCCN1C(=O)C(F)(F)F. The van der Waals surface area contributed by atoms with Crippen molar-refractivity contribution >= 4 is 11.8 Å². The number of likely N-dealkylation sites (tertiary alicyclic amines) is 2. The molecule has 50 heavy (non-hydrogen) atoms. The lowest BCUT2D eigenvalue weighted by atomic mass is 9.98. The van der Waals surface area contributed by atoms with E-state index in [1.807, 2.05) is 72.8 Å². The van der Waals surface area contributed by atoms with Crippen LogP contribution in [0.25, 0.3) is 11.1 Å². The highest BCUT2D eigenvalue weighted by Crippen LogP contribution is 2.39. The summed E-state index contributed by atoms with van der Waals surface area (Å²) in [7, 11) is 0. The zero-order valence-electron chi connectivity index (χ0n) is 28.2. The molecule has 0 bridgehead atoms. The summed E-state index contributed by atoms with van der Waals surface area (Å²) in [6.07, 6.45) is 1.65. The van der Waals surface area contributed by atoms with Crippen LogP contribution in [0.15, 0.2) is 72.8 Å². The third-order valence-corrected chi connectivity index (χ3v) is 9.97. The zero-order chi connectivity index (χ0) is 35.1. The van der Waals surface area contributed by atoms with E-state index in [-0.39, 0.29) is 38.3 Å². The van der Waals surface area contributed by atoms with Crippen LogP contribution in [0.2, 0.25) is 0 Å². The topological polar surface area (TPSA) is 91.3 Å². The fraction of sp³-hybridized carbons (Fsp3) is 0.487. The van der Waals surface area contributed by atoms with E-state index in [1.54, 1.807) is 0 Å². The highest BCUT2D eigenvalue weighted by molar-refractivity contribution is 5.90. The molecule has 3 aliphatic rings. The second kappa shape index (κ2) is 16.5. The number of aliphatic hydroxyl groups excluding tert-OH is 1. The summed E-state index contributed by atoms with van der Waals surface area (Å²) in [5.41, 5.74) is 5.38. The molecule has 0 radical (unpaired) electrons. The van der Waals surface area contributed by atoms with Crippen LogP contribution < -0.4 is 5.32 Å². The smallest absolute Gasteiger partial charge is 0.392 e. The van der Waals surface area contributed by atoms with Gasteiger partial charge < -0.3 is 29.7 Å². The molecule has 2 amide bonds. The maximum atomic E-state index is 13.1. The average molecular weight is 694 g/mol. The van der Waals surface area contributed by atoms with Crippen LogP contribution in [0.3, 0.4) is 0 Å². The van der Waals surface area contributed by atoms with Gasteiger partial charge in [-0.1, -0.05) is 79.9 Å². The Balaban J connectivity index is 1.16. The number of ether oxygens (including phenoxy) is 2. The zero-order valence-corrected chi connectivity index (χ0v) is 28.2. The summed E-state index contributed by atoms with van der Waals surface area (Å²) in [5.74, 6) is -2.57. The van der Waals surface area contributed by atoms with Crippen LogP contribution in [0.4, 0.5) is 13.2 Å². The van der Waals surface area contributed by atoms with Crippen molar-refractivity contribution in [2.75, 3.05) is 26.2 Å². The predicted molar refractivity (Wildman–Crippen MR) is 182 cm³/mol. The van der Waals surface area contributed by atoms with E-state index < -0.39 is 30.3 Å². The van der Waals surface area contributed by atoms with Gasteiger partial charge in [0.2, 0.25) is 5.91 Å². The molecule has 0 aliphatic carbocycles. The Bertz CT molecular complexity index is 1590. The van der Waals surface area contributed by atoms with Gasteiger partial charge in [0.05, 0.1) is 18.8 Å². The Morgan fingerprint density at radius 2 is 1.50 bits per heavy atom. The number of hydrogen-bond donors (Lipinski definition) is 2. The molecular formula is C39H46F3N3O5. The molecule has 0 saturated carbocycles. The maximum absolute atomic E-state index is 13.1. The van der Waals surface area contributed by atoms with Crippen LogP contribution in [0.1, 0.15) is 86.0 Å². The van der Waals surface area contributed by atoms with Crippen LogP contribution in [0, 0.1) is 0 Å². The predicted octanol–water partition coefficient (Wildman–Crippen LogP) is 6.83. The molecule has 0 unspecified atom stereocenters. The van der Waals surface area contributed by atoms with Crippen molar-refractivity contribution < 1.29 is 37.3 Å². The third kappa shape index (κ3) is 9.11. The van der Waals surface area contributed by atoms with Gasteiger partial charge in [-0.25, -0.2) is 0 Å². The summed E-state index contributed by atoms with van der Waals surface area (Å²) < 4.78 is 52.5. The minimum absolute atomic E-state index is 0.0163. The molecule has 3 aliphatic heterocycles. The Morgan fingerprint density at radius 3 is 2.22 bits per heavy atom. The summed E-state index contributed by atoms with van der Waals surface area (Å²) in [4.78, 5) is 27.9. The highest BCUT2D eigenvalue weighted by Gasteiger charge is 2.47. The number of rotatable bonds is 9. The van der Waals surface area contributed by atoms with Gasteiger partial charge in [-0.15, -0.1) is 0 Å². The Morgan fingerprint density at radius 1 is 0.800 bits per heavy atom. The number of nitrogens with zero attached hydrogens (tertiary/aromatic N) is 2. The Labute approximate surface area is 291 Å². The highest BCUT2D eigenvalue weighted by atomic mass is 19.4. The molecule has 3 saturated heterocycles. The van der Waals surface area contributed by atoms with Crippen molar-refractivity contribution in [3.63, 3.8) is 0 Å². The van der Waals surface area contributed by atoms with E-state index in [1.165, 1.54) is 32.1 Å². The van der Waals surface area contributed by atoms with Gasteiger partial charge in [0.25, 0.3) is 0 Å². The molecule has 3 aromatic carbocycles. The number of carbonyl (C=O) groups is 2. The number of aliphatic hydroxyl groups is 1. The average Bonchev–Trinajstić information content (AvgIpc) is 3.61. The first-order valence-electron chi connectivity index (χ1n) is 17.8. The van der Waals surface area contributed by atoms with Gasteiger partial charge in [0.1, 0.15) is 6.04 Å². The van der Waals surface area contributed by atoms with Gasteiger partial charge in [-0.05, 0) is 78.7 Å². The second-order valence-corrected chi connectivity index (χ2v) is 13.6. The van der Waals surface area contributed by atoms with Gasteiger partial charge in [-0.3, -0.25) is 9.59 Å². The number of nitrogens with one attached hydrogen (secondary N) is 1. The second-order valence-electron chi connectivity index (χ2n) is 13.6. The van der Waals surface area contributed by atoms with Crippen molar-refractivity contribution in [1.29, 1.82) is 0 Å². The monoisotopic (exact) mass is 693 g/mol. The lowest BCUT2D eigenvalue weighted by Gasteiger charge is -2.39. The van der Waals surface area contributed by atoms with E-state index >= 15 is 0 Å². The maximum Gasteiger partial charge on any atom is 0.471 e. The lowest BCUT2D eigenvalue weighted by Crippen LogP contribution is -2.50. The minimum Gasteiger partial charge on any atom is -0.392 e. The van der Waals surface area contributed by atoms with E-state index in [4.69, 9.17) is 9.47 Å². The number of alkyl halides is 3. The van der Waals surface area contributed by atoms with Crippen molar-refractivity contribution in [3.8, 4) is 11.1 Å². The summed E-state index contributed by atoms with van der Waals surface area (Å²) in [5, 5.41) is 12.3. The third-order valence-electron chi connectivity index (χ3n) is 9.97. The Kier molecular flexibility index (Phi) is 11.9. The van der Waals surface area contributed by atoms with Crippen molar-refractivity contribution in [1.82, 2.24) is 15.1 Å².